The van der Waals surface area contributed by atoms with Crippen LogP contribution in [-0.4, -0.2) is 53.5 Å². The van der Waals surface area contributed by atoms with E-state index in [1.165, 1.54) is 7.11 Å². The Bertz CT molecular complexity index is 1130. The van der Waals surface area contributed by atoms with Gasteiger partial charge in [-0.2, -0.15) is 0 Å². The van der Waals surface area contributed by atoms with Gasteiger partial charge in [0, 0.05) is 7.11 Å². The van der Waals surface area contributed by atoms with Gasteiger partial charge in [-0.1, -0.05) is 72.8 Å². The number of carbonyl (C=O) groups is 2. The minimum atomic E-state index is -1.16. The molecule has 0 radical (unpaired) electrons. The van der Waals surface area contributed by atoms with E-state index >= 15 is 0 Å². The van der Waals surface area contributed by atoms with Crippen molar-refractivity contribution in [3.05, 3.63) is 107 Å². The van der Waals surface area contributed by atoms with Crippen LogP contribution in [-0.2, 0) is 20.8 Å². The molecule has 1 saturated heterocycles. The molecule has 0 aromatic heterocycles. The van der Waals surface area contributed by atoms with Crippen LogP contribution in [0.3, 0.4) is 0 Å². The second-order valence-electron chi connectivity index (χ2n) is 8.34. The van der Waals surface area contributed by atoms with Gasteiger partial charge in [0.1, 0.15) is 24.4 Å². The summed E-state index contributed by atoms with van der Waals surface area (Å²) < 4.78 is 18.0. The van der Waals surface area contributed by atoms with Crippen LogP contribution in [0.2, 0.25) is 0 Å². The zero-order chi connectivity index (χ0) is 23.7. The third kappa shape index (κ3) is 3.93. The summed E-state index contributed by atoms with van der Waals surface area (Å²) >= 11 is 0. The highest BCUT2D eigenvalue weighted by Gasteiger charge is 2.54. The lowest BCUT2D eigenvalue weighted by molar-refractivity contribution is -0.278. The summed E-state index contributed by atoms with van der Waals surface area (Å²) in [4.78, 5) is 27.7. The van der Waals surface area contributed by atoms with Gasteiger partial charge in [-0.3, -0.25) is 14.5 Å². The Morgan fingerprint density at radius 1 is 0.853 bits per heavy atom. The van der Waals surface area contributed by atoms with Crippen LogP contribution < -0.4 is 0 Å². The number of imide groups is 1. The third-order valence-electron chi connectivity index (χ3n) is 6.31. The molecule has 0 unspecified atom stereocenters. The van der Waals surface area contributed by atoms with E-state index in [9.17, 15) is 14.7 Å². The molecular formula is C27H25NO6. The summed E-state index contributed by atoms with van der Waals surface area (Å²) in [6.45, 7) is 0.181. The summed E-state index contributed by atoms with van der Waals surface area (Å²) in [5.74, 6) is -0.926. The van der Waals surface area contributed by atoms with Crippen molar-refractivity contribution < 1.29 is 28.9 Å². The van der Waals surface area contributed by atoms with Gasteiger partial charge in [0.05, 0.1) is 17.7 Å². The van der Waals surface area contributed by atoms with Crippen LogP contribution in [0.4, 0.5) is 0 Å². The lowest BCUT2D eigenvalue weighted by Crippen LogP contribution is -2.63. The fourth-order valence-corrected chi connectivity index (χ4v) is 4.66. The number of aliphatic hydroxyl groups is 1. The topological polar surface area (TPSA) is 85.3 Å². The number of methoxy groups -OCH3 is 1. The Labute approximate surface area is 197 Å². The first kappa shape index (κ1) is 22.4. The monoisotopic (exact) mass is 459 g/mol. The summed E-state index contributed by atoms with van der Waals surface area (Å²) in [6.07, 6.45) is -3.88. The fourth-order valence-electron chi connectivity index (χ4n) is 4.66. The number of rotatable bonds is 6. The first-order valence-electron chi connectivity index (χ1n) is 11.1. The van der Waals surface area contributed by atoms with Crippen molar-refractivity contribution in [2.45, 2.75) is 37.3 Å². The molecule has 2 aliphatic heterocycles. The number of benzene rings is 3. The molecule has 174 valence electrons. The van der Waals surface area contributed by atoms with Gasteiger partial charge in [-0.05, 0) is 23.3 Å². The molecule has 7 heteroatoms. The fraction of sp³-hybridized carbons (Fsp3) is 0.259. The van der Waals surface area contributed by atoms with Crippen molar-refractivity contribution in [3.63, 3.8) is 0 Å². The molecule has 0 aliphatic carbocycles. The largest absolute Gasteiger partial charge is 0.387 e. The lowest BCUT2D eigenvalue weighted by atomic mass is 9.91. The molecular weight excluding hydrogens is 434 g/mol. The standard InChI is InChI=1S/C27H25NO6/c1-32-27-21(28-25(30)19-14-8-9-15-20(19)26(28)31)24(33-16-17-10-4-2-5-11-17)22(29)23(34-27)18-12-6-3-7-13-18/h2-15,21-24,27,29H,16H2,1H3/t21-,22-,23+,24-,27-/m1/s1. The Morgan fingerprint density at radius 3 is 2.00 bits per heavy atom. The quantitative estimate of drug-likeness (QED) is 0.569. The summed E-state index contributed by atoms with van der Waals surface area (Å²) in [5, 5.41) is 11.4. The second-order valence-corrected chi connectivity index (χ2v) is 8.34. The molecule has 5 atom stereocenters. The predicted molar refractivity (Wildman–Crippen MR) is 123 cm³/mol. The molecule has 2 aliphatic rings. The number of aliphatic hydroxyl groups excluding tert-OH is 1. The van der Waals surface area contributed by atoms with Gasteiger partial charge in [-0.15, -0.1) is 0 Å². The molecule has 2 amide bonds. The van der Waals surface area contributed by atoms with E-state index in [1.54, 1.807) is 24.3 Å². The van der Waals surface area contributed by atoms with Crippen molar-refractivity contribution in [1.82, 2.24) is 4.90 Å². The van der Waals surface area contributed by atoms with Gasteiger partial charge in [0.15, 0.2) is 6.29 Å². The van der Waals surface area contributed by atoms with E-state index in [1.807, 2.05) is 60.7 Å². The average molecular weight is 459 g/mol. The highest BCUT2D eigenvalue weighted by molar-refractivity contribution is 6.21. The second kappa shape index (κ2) is 9.48. The van der Waals surface area contributed by atoms with Gasteiger partial charge in [0.2, 0.25) is 0 Å². The number of fused-ring (bicyclic) bond motifs is 1. The van der Waals surface area contributed by atoms with Crippen molar-refractivity contribution >= 4 is 11.8 Å². The van der Waals surface area contributed by atoms with Crippen LogP contribution in [0.5, 0.6) is 0 Å². The van der Waals surface area contributed by atoms with E-state index in [-0.39, 0.29) is 6.61 Å². The number of nitrogens with zero attached hydrogens (tertiary/aromatic N) is 1. The first-order chi connectivity index (χ1) is 16.6. The zero-order valence-electron chi connectivity index (χ0n) is 18.6. The van der Waals surface area contributed by atoms with E-state index < -0.39 is 42.5 Å². The number of carbonyl (C=O) groups excluding carboxylic acids is 2. The minimum absolute atomic E-state index is 0.181. The van der Waals surface area contributed by atoms with E-state index in [2.05, 4.69) is 0 Å². The van der Waals surface area contributed by atoms with Crippen LogP contribution in [0.15, 0.2) is 84.9 Å². The molecule has 34 heavy (non-hydrogen) atoms. The summed E-state index contributed by atoms with van der Waals surface area (Å²) in [6, 6.07) is 24.4. The molecule has 1 fully saturated rings. The predicted octanol–water partition coefficient (Wildman–Crippen LogP) is 3.34. The summed E-state index contributed by atoms with van der Waals surface area (Å²) in [7, 11) is 1.45. The van der Waals surface area contributed by atoms with Gasteiger partial charge >= 0.3 is 0 Å². The summed E-state index contributed by atoms with van der Waals surface area (Å²) in [5.41, 5.74) is 2.26. The lowest BCUT2D eigenvalue weighted by Gasteiger charge is -2.46. The maximum atomic E-state index is 13.3. The molecule has 3 aromatic rings. The third-order valence-corrected chi connectivity index (χ3v) is 6.31. The normalized spacial score (nSPS) is 26.5. The van der Waals surface area contributed by atoms with E-state index in [4.69, 9.17) is 14.2 Å². The molecule has 7 nitrogen and oxygen atoms in total. The Kier molecular flexibility index (Phi) is 6.26. The maximum absolute atomic E-state index is 13.3. The molecule has 2 heterocycles. The Balaban J connectivity index is 1.52. The number of hydrogen-bond acceptors (Lipinski definition) is 6. The maximum Gasteiger partial charge on any atom is 0.262 e. The molecule has 0 bridgehead atoms. The SMILES string of the molecule is CO[C@@H]1O[C@@H](c2ccccc2)[C@@H](O)[C@H](OCc2ccccc2)[C@H]1N1C(=O)c2ccccc2C1=O. The Hall–Kier alpha value is -3.36. The highest BCUT2D eigenvalue weighted by Crippen LogP contribution is 2.39. The smallest absolute Gasteiger partial charge is 0.262 e. The van der Waals surface area contributed by atoms with Crippen LogP contribution in [0.1, 0.15) is 37.9 Å². The van der Waals surface area contributed by atoms with Crippen LogP contribution in [0.25, 0.3) is 0 Å². The zero-order valence-corrected chi connectivity index (χ0v) is 18.6. The van der Waals surface area contributed by atoms with Gasteiger partial charge < -0.3 is 19.3 Å². The number of ether oxygens (including phenoxy) is 3. The van der Waals surface area contributed by atoms with Crippen LogP contribution in [0, 0.1) is 0 Å². The van der Waals surface area contributed by atoms with E-state index in [0.29, 0.717) is 11.1 Å². The van der Waals surface area contributed by atoms with Gasteiger partial charge in [0.25, 0.3) is 11.8 Å². The molecule has 0 spiro atoms. The number of amides is 2. The minimum Gasteiger partial charge on any atom is -0.387 e. The van der Waals surface area contributed by atoms with Crippen molar-refractivity contribution in [2.75, 3.05) is 7.11 Å². The molecule has 0 saturated carbocycles. The molecule has 3 aromatic carbocycles. The van der Waals surface area contributed by atoms with Crippen molar-refractivity contribution in [3.8, 4) is 0 Å². The Morgan fingerprint density at radius 2 is 1.41 bits per heavy atom. The van der Waals surface area contributed by atoms with E-state index in [0.717, 1.165) is 16.0 Å². The number of hydrogen-bond donors (Lipinski definition) is 1. The van der Waals surface area contributed by atoms with Crippen LogP contribution >= 0.6 is 0 Å². The highest BCUT2D eigenvalue weighted by atomic mass is 16.7. The first-order valence-corrected chi connectivity index (χ1v) is 11.1. The van der Waals surface area contributed by atoms with Crippen molar-refractivity contribution in [2.24, 2.45) is 0 Å². The molecule has 1 N–H and O–H groups in total. The van der Waals surface area contributed by atoms with Crippen molar-refractivity contribution in [1.29, 1.82) is 0 Å². The molecule has 5 rings (SSSR count). The average Bonchev–Trinajstić information content (AvgIpc) is 3.14. The van der Waals surface area contributed by atoms with Gasteiger partial charge in [-0.25, -0.2) is 0 Å².